The van der Waals surface area contributed by atoms with E-state index in [0.29, 0.717) is 25.3 Å². The van der Waals surface area contributed by atoms with E-state index < -0.39 is 23.5 Å². The number of H-pyrrole nitrogens is 1. The van der Waals surface area contributed by atoms with Gasteiger partial charge < -0.3 is 14.4 Å². The van der Waals surface area contributed by atoms with E-state index in [-0.39, 0.29) is 16.9 Å². The minimum absolute atomic E-state index is 0.0640. The number of nitrogens with one attached hydrogen (secondary N) is 1. The van der Waals surface area contributed by atoms with Gasteiger partial charge in [-0.05, 0) is 36.4 Å². The van der Waals surface area contributed by atoms with Crippen LogP contribution in [0, 0.1) is 5.82 Å². The number of aliphatic hydroxyl groups is 1. The van der Waals surface area contributed by atoms with Gasteiger partial charge in [-0.1, -0.05) is 0 Å². The van der Waals surface area contributed by atoms with E-state index >= 15 is 0 Å². The van der Waals surface area contributed by atoms with Gasteiger partial charge in [0.15, 0.2) is 0 Å². The van der Waals surface area contributed by atoms with Gasteiger partial charge in [-0.2, -0.15) is 0 Å². The van der Waals surface area contributed by atoms with Crippen molar-refractivity contribution in [2.75, 3.05) is 6.54 Å². The molecule has 4 rings (SSSR count). The SMILES string of the molecule is O=C1C(=O)N(CCC[n+]2cc[nH]c2)C(c2ccco2)C1=C(O)c1ccc(F)cc1. The van der Waals surface area contributed by atoms with Gasteiger partial charge in [-0.15, -0.1) is 0 Å². The number of furan rings is 1. The monoisotopic (exact) mass is 396 g/mol. The van der Waals surface area contributed by atoms with Gasteiger partial charge in [-0.3, -0.25) is 14.6 Å². The number of aromatic amines is 1. The Labute approximate surface area is 165 Å². The number of ketones is 1. The predicted octanol–water partition coefficient (Wildman–Crippen LogP) is 2.55. The zero-order valence-corrected chi connectivity index (χ0v) is 15.4. The molecule has 7 nitrogen and oxygen atoms in total. The van der Waals surface area contributed by atoms with Crippen LogP contribution in [0.15, 0.2) is 71.4 Å². The van der Waals surface area contributed by atoms with E-state index in [1.807, 2.05) is 10.8 Å². The number of nitrogens with zero attached hydrogens (tertiary/aromatic N) is 2. The van der Waals surface area contributed by atoms with Crippen molar-refractivity contribution < 1.29 is 28.1 Å². The quantitative estimate of drug-likeness (QED) is 0.290. The standard InChI is InChI=1S/C21H18FN3O4/c22-15-6-4-14(5-7-15)19(26)17-18(16-3-1-12-29-16)25(21(28)20(17)27)10-2-9-24-11-8-23-13-24/h1,3-8,11-13,18H,2,9-10H2,(H,26,27)/p+1. The smallest absolute Gasteiger partial charge is 0.295 e. The molecular weight excluding hydrogens is 377 g/mol. The molecule has 1 aliphatic heterocycles. The van der Waals surface area contributed by atoms with E-state index in [9.17, 15) is 19.1 Å². The average molecular weight is 396 g/mol. The number of halogens is 1. The second kappa shape index (κ2) is 7.75. The lowest BCUT2D eigenvalue weighted by molar-refractivity contribution is -0.695. The fourth-order valence-corrected chi connectivity index (χ4v) is 3.50. The minimum atomic E-state index is -0.841. The lowest BCUT2D eigenvalue weighted by Gasteiger charge is -2.22. The van der Waals surface area contributed by atoms with E-state index in [1.165, 1.54) is 35.4 Å². The van der Waals surface area contributed by atoms with Gasteiger partial charge in [0.1, 0.15) is 35.8 Å². The molecule has 0 radical (unpaired) electrons. The first kappa shape index (κ1) is 18.7. The van der Waals surface area contributed by atoms with Crippen LogP contribution in [-0.2, 0) is 16.1 Å². The fraction of sp³-hybridized carbons (Fsp3) is 0.190. The summed E-state index contributed by atoms with van der Waals surface area (Å²) in [5.41, 5.74) is 0.190. The van der Waals surface area contributed by atoms with E-state index in [4.69, 9.17) is 4.42 Å². The van der Waals surface area contributed by atoms with Crippen molar-refractivity contribution in [2.24, 2.45) is 0 Å². The van der Waals surface area contributed by atoms with Crippen molar-refractivity contribution in [2.45, 2.75) is 19.0 Å². The number of rotatable bonds is 6. The number of Topliss-reactive ketones (excluding diaryl/α,β-unsaturated/α-hetero) is 1. The normalized spacial score (nSPS) is 18.5. The third-order valence-corrected chi connectivity index (χ3v) is 4.89. The van der Waals surface area contributed by atoms with Crippen molar-refractivity contribution in [1.29, 1.82) is 0 Å². The summed E-state index contributed by atoms with van der Waals surface area (Å²) >= 11 is 0. The molecule has 1 amide bonds. The summed E-state index contributed by atoms with van der Waals surface area (Å²) in [5.74, 6) is -1.93. The highest BCUT2D eigenvalue weighted by Crippen LogP contribution is 2.39. The van der Waals surface area contributed by atoms with Gasteiger partial charge in [0.2, 0.25) is 6.33 Å². The van der Waals surface area contributed by atoms with Crippen molar-refractivity contribution >= 4 is 17.4 Å². The molecule has 2 N–H and O–H groups in total. The van der Waals surface area contributed by atoms with Crippen LogP contribution in [0.3, 0.4) is 0 Å². The Morgan fingerprint density at radius 2 is 2.03 bits per heavy atom. The molecule has 0 spiro atoms. The maximum Gasteiger partial charge on any atom is 0.295 e. The summed E-state index contributed by atoms with van der Waals surface area (Å²) in [6, 6.07) is 7.55. The average Bonchev–Trinajstić information content (AvgIpc) is 3.46. The highest BCUT2D eigenvalue weighted by molar-refractivity contribution is 6.46. The number of amides is 1. The Balaban J connectivity index is 1.68. The molecule has 0 saturated carbocycles. The van der Waals surface area contributed by atoms with Gasteiger partial charge in [-0.25, -0.2) is 8.96 Å². The summed E-state index contributed by atoms with van der Waals surface area (Å²) in [6.45, 7) is 0.948. The molecule has 1 saturated heterocycles. The summed E-state index contributed by atoms with van der Waals surface area (Å²) in [5, 5.41) is 10.8. The maximum absolute atomic E-state index is 13.2. The number of carbonyl (C=O) groups is 2. The lowest BCUT2D eigenvalue weighted by Crippen LogP contribution is -2.35. The zero-order chi connectivity index (χ0) is 20.4. The van der Waals surface area contributed by atoms with Gasteiger partial charge in [0.05, 0.1) is 18.4 Å². The minimum Gasteiger partial charge on any atom is -0.507 e. The van der Waals surface area contributed by atoms with Crippen molar-refractivity contribution in [1.82, 2.24) is 9.88 Å². The Kier molecular flexibility index (Phi) is 4.99. The molecule has 0 aliphatic carbocycles. The number of aryl methyl sites for hydroxylation is 1. The fourth-order valence-electron chi connectivity index (χ4n) is 3.50. The molecule has 2 aromatic heterocycles. The number of aromatic nitrogens is 2. The second-order valence-corrected chi connectivity index (χ2v) is 6.72. The summed E-state index contributed by atoms with van der Waals surface area (Å²) in [7, 11) is 0. The van der Waals surface area contributed by atoms with Crippen LogP contribution in [0.2, 0.25) is 0 Å². The van der Waals surface area contributed by atoms with Crippen LogP contribution in [0.25, 0.3) is 5.76 Å². The molecule has 8 heteroatoms. The topological polar surface area (TPSA) is 90.4 Å². The Morgan fingerprint density at radius 1 is 1.24 bits per heavy atom. The largest absolute Gasteiger partial charge is 0.507 e. The van der Waals surface area contributed by atoms with Crippen LogP contribution in [0.1, 0.15) is 23.8 Å². The van der Waals surface area contributed by atoms with Crippen LogP contribution in [0.4, 0.5) is 4.39 Å². The predicted molar refractivity (Wildman–Crippen MR) is 99.7 cm³/mol. The number of aliphatic hydroxyl groups excluding tert-OH is 1. The number of benzene rings is 1. The third kappa shape index (κ3) is 3.56. The van der Waals surface area contributed by atoms with E-state index in [2.05, 4.69) is 4.98 Å². The molecule has 1 aromatic carbocycles. The van der Waals surface area contributed by atoms with Gasteiger partial charge >= 0.3 is 0 Å². The van der Waals surface area contributed by atoms with Crippen molar-refractivity contribution in [3.05, 3.63) is 84.1 Å². The van der Waals surface area contributed by atoms with Gasteiger partial charge in [0.25, 0.3) is 11.7 Å². The second-order valence-electron chi connectivity index (χ2n) is 6.72. The number of likely N-dealkylation sites (tertiary alicyclic amines) is 1. The molecule has 1 fully saturated rings. The Morgan fingerprint density at radius 3 is 2.69 bits per heavy atom. The van der Waals surface area contributed by atoms with E-state index in [1.54, 1.807) is 24.7 Å². The molecule has 0 bridgehead atoms. The summed E-state index contributed by atoms with van der Waals surface area (Å²) in [6.07, 6.45) is 7.50. The van der Waals surface area contributed by atoms with Crippen LogP contribution in [0.5, 0.6) is 0 Å². The van der Waals surface area contributed by atoms with Crippen LogP contribution >= 0.6 is 0 Å². The first-order chi connectivity index (χ1) is 14.1. The first-order valence-electron chi connectivity index (χ1n) is 9.16. The molecule has 1 atom stereocenters. The van der Waals surface area contributed by atoms with Crippen molar-refractivity contribution in [3.63, 3.8) is 0 Å². The summed E-state index contributed by atoms with van der Waals surface area (Å²) < 4.78 is 20.6. The van der Waals surface area contributed by atoms with Gasteiger partial charge in [0, 0.05) is 18.5 Å². The lowest BCUT2D eigenvalue weighted by atomic mass is 9.99. The van der Waals surface area contributed by atoms with Crippen LogP contribution < -0.4 is 4.57 Å². The molecular formula is C21H19FN3O4+. The third-order valence-electron chi connectivity index (χ3n) is 4.89. The van der Waals surface area contributed by atoms with Crippen molar-refractivity contribution in [3.8, 4) is 0 Å². The Hall–Kier alpha value is -3.68. The molecule has 1 unspecified atom stereocenters. The summed E-state index contributed by atoms with van der Waals surface area (Å²) in [4.78, 5) is 29.8. The molecule has 3 aromatic rings. The first-order valence-corrected chi connectivity index (χ1v) is 9.16. The Bertz CT molecular complexity index is 1040. The number of hydrogen-bond acceptors (Lipinski definition) is 4. The molecule has 29 heavy (non-hydrogen) atoms. The zero-order valence-electron chi connectivity index (χ0n) is 15.4. The molecule has 148 valence electrons. The maximum atomic E-state index is 13.2. The number of carbonyl (C=O) groups excluding carboxylic acids is 2. The highest BCUT2D eigenvalue weighted by atomic mass is 19.1. The molecule has 1 aliphatic rings. The number of hydrogen-bond donors (Lipinski definition) is 2. The van der Waals surface area contributed by atoms with Crippen LogP contribution in [-0.4, -0.2) is 33.2 Å². The van der Waals surface area contributed by atoms with E-state index in [0.717, 1.165) is 0 Å². The highest BCUT2D eigenvalue weighted by Gasteiger charge is 2.47. The molecule has 3 heterocycles. The number of imidazole rings is 1.